The molecule has 3 heterocycles. The third-order valence-electron chi connectivity index (χ3n) is 5.01. The van der Waals surface area contributed by atoms with E-state index in [2.05, 4.69) is 25.3 Å². The Morgan fingerprint density at radius 1 is 1.09 bits per heavy atom. The van der Waals surface area contributed by atoms with Crippen molar-refractivity contribution in [1.82, 2.24) is 19.9 Å². The second-order valence-electron chi connectivity index (χ2n) is 7.10. The highest BCUT2D eigenvalue weighted by Gasteiger charge is 2.24. The molecule has 32 heavy (non-hydrogen) atoms. The van der Waals surface area contributed by atoms with Gasteiger partial charge in [0.05, 0.1) is 17.9 Å². The smallest absolute Gasteiger partial charge is 0.312 e. The van der Waals surface area contributed by atoms with E-state index in [0.29, 0.717) is 5.52 Å². The number of hydrogen-bond donors (Lipinski definition) is 2. The van der Waals surface area contributed by atoms with E-state index in [-0.39, 0.29) is 39.3 Å². The number of fused-ring (bicyclic) bond motifs is 2. The Morgan fingerprint density at radius 3 is 2.72 bits per heavy atom. The van der Waals surface area contributed by atoms with Gasteiger partial charge in [0.15, 0.2) is 11.5 Å². The summed E-state index contributed by atoms with van der Waals surface area (Å²) in [5, 5.41) is 2.73. The van der Waals surface area contributed by atoms with Crippen LogP contribution in [0.3, 0.4) is 0 Å². The number of nitrogens with one attached hydrogen (secondary N) is 2. The third-order valence-corrected chi connectivity index (χ3v) is 5.01. The first kappa shape index (κ1) is 19.7. The van der Waals surface area contributed by atoms with Gasteiger partial charge in [-0.25, -0.2) is 13.8 Å². The lowest BCUT2D eigenvalue weighted by Crippen LogP contribution is -2.17. The van der Waals surface area contributed by atoms with E-state index in [1.165, 1.54) is 36.7 Å². The highest BCUT2D eigenvalue weighted by molar-refractivity contribution is 5.85. The van der Waals surface area contributed by atoms with Gasteiger partial charge in [0.25, 0.3) is 0 Å². The van der Waals surface area contributed by atoms with Crippen LogP contribution in [0.15, 0.2) is 58.0 Å². The van der Waals surface area contributed by atoms with E-state index < -0.39 is 29.2 Å². The number of benzene rings is 2. The highest BCUT2D eigenvalue weighted by Crippen LogP contribution is 2.32. The first-order valence-electron chi connectivity index (χ1n) is 9.56. The number of H-pyrrole nitrogens is 1. The zero-order valence-corrected chi connectivity index (χ0v) is 16.5. The summed E-state index contributed by atoms with van der Waals surface area (Å²) >= 11 is 0. The van der Waals surface area contributed by atoms with Crippen LogP contribution in [0.25, 0.3) is 33.3 Å². The summed E-state index contributed by atoms with van der Waals surface area (Å²) in [5.41, 5.74) is 0.0310. The lowest BCUT2D eigenvalue weighted by Gasteiger charge is -2.18. The van der Waals surface area contributed by atoms with Crippen LogP contribution in [-0.2, 0) is 0 Å². The van der Waals surface area contributed by atoms with Gasteiger partial charge in [-0.05, 0) is 36.8 Å². The molecule has 2 aromatic carbocycles. The Bertz CT molecular complexity index is 1550. The van der Waals surface area contributed by atoms with Gasteiger partial charge in [-0.2, -0.15) is 14.4 Å². The number of imidazole rings is 1. The molecule has 0 spiro atoms. The second-order valence-corrected chi connectivity index (χ2v) is 7.10. The van der Waals surface area contributed by atoms with Gasteiger partial charge in [0, 0.05) is 0 Å². The largest absolute Gasteiger partial charge is 0.458 e. The van der Waals surface area contributed by atoms with E-state index in [0.717, 1.165) is 12.1 Å². The van der Waals surface area contributed by atoms with Gasteiger partial charge in [0.1, 0.15) is 33.9 Å². The lowest BCUT2D eigenvalue weighted by molar-refractivity contribution is 0.510. The third kappa shape index (κ3) is 3.25. The molecule has 0 saturated heterocycles. The van der Waals surface area contributed by atoms with Crippen molar-refractivity contribution in [3.8, 4) is 11.1 Å². The molecule has 7 nitrogen and oxygen atoms in total. The van der Waals surface area contributed by atoms with E-state index >= 15 is 0 Å². The fourth-order valence-electron chi connectivity index (χ4n) is 3.62. The van der Waals surface area contributed by atoms with Gasteiger partial charge in [0.2, 0.25) is 5.43 Å². The normalized spacial score (nSPS) is 12.4. The number of rotatable bonds is 4. The van der Waals surface area contributed by atoms with E-state index in [9.17, 15) is 18.0 Å². The topological polar surface area (TPSA) is 96.7 Å². The average molecular weight is 437 g/mol. The van der Waals surface area contributed by atoms with E-state index in [1.807, 2.05) is 0 Å². The molecule has 0 aliphatic rings. The summed E-state index contributed by atoms with van der Waals surface area (Å²) in [7, 11) is 0. The molecular formula is C22H14F3N5O2. The minimum atomic E-state index is -0.994. The van der Waals surface area contributed by atoms with Gasteiger partial charge in [-0.1, -0.05) is 18.2 Å². The predicted molar refractivity (Wildman–Crippen MR) is 112 cm³/mol. The molecule has 0 radical (unpaired) electrons. The molecule has 0 amide bonds. The quantitative estimate of drug-likeness (QED) is 0.395. The highest BCUT2D eigenvalue weighted by atomic mass is 19.1. The molecule has 0 bridgehead atoms. The number of anilines is 1. The van der Waals surface area contributed by atoms with Crippen molar-refractivity contribution in [3.63, 3.8) is 0 Å². The molecule has 5 aromatic rings. The van der Waals surface area contributed by atoms with Gasteiger partial charge < -0.3 is 14.7 Å². The van der Waals surface area contributed by atoms with Crippen molar-refractivity contribution in [2.24, 2.45) is 0 Å². The summed E-state index contributed by atoms with van der Waals surface area (Å²) in [6.45, 7) is 1.65. The van der Waals surface area contributed by atoms with Gasteiger partial charge in [-0.15, -0.1) is 0 Å². The summed E-state index contributed by atoms with van der Waals surface area (Å²) in [4.78, 5) is 27.4. The number of aromatic amines is 1. The van der Waals surface area contributed by atoms with Crippen LogP contribution in [0.2, 0.25) is 0 Å². The summed E-state index contributed by atoms with van der Waals surface area (Å²) < 4.78 is 48.2. The molecule has 0 aliphatic heterocycles. The summed E-state index contributed by atoms with van der Waals surface area (Å²) in [5.74, 6) is -1.13. The molecule has 3 aromatic heterocycles. The SMILES string of the molecule is CC(Nc1nc(F)nc2nc[nH]c12)c1oc2cccc(F)c2c(=O)c1-c1cccc(F)c1. The first-order chi connectivity index (χ1) is 15.4. The van der Waals surface area contributed by atoms with Crippen molar-refractivity contribution in [3.05, 3.63) is 82.5 Å². The average Bonchev–Trinajstić information content (AvgIpc) is 3.22. The van der Waals surface area contributed by atoms with Crippen LogP contribution in [0.1, 0.15) is 18.7 Å². The number of halogens is 3. The van der Waals surface area contributed by atoms with E-state index in [4.69, 9.17) is 4.42 Å². The zero-order chi connectivity index (χ0) is 22.4. The molecule has 2 N–H and O–H groups in total. The van der Waals surface area contributed by atoms with Crippen molar-refractivity contribution in [2.75, 3.05) is 5.32 Å². The minimum Gasteiger partial charge on any atom is -0.458 e. The number of aromatic nitrogens is 4. The lowest BCUT2D eigenvalue weighted by atomic mass is 9.99. The fraction of sp³-hybridized carbons (Fsp3) is 0.0909. The molecular weight excluding hydrogens is 423 g/mol. The number of hydrogen-bond acceptors (Lipinski definition) is 6. The molecule has 10 heteroatoms. The molecule has 0 saturated carbocycles. The molecule has 1 unspecified atom stereocenters. The monoisotopic (exact) mass is 437 g/mol. The van der Waals surface area contributed by atoms with Crippen LogP contribution in [0.4, 0.5) is 19.0 Å². The summed E-state index contributed by atoms with van der Waals surface area (Å²) in [6, 6.07) is 8.62. The summed E-state index contributed by atoms with van der Waals surface area (Å²) in [6.07, 6.45) is 0.345. The molecule has 5 rings (SSSR count). The van der Waals surface area contributed by atoms with Crippen LogP contribution < -0.4 is 10.7 Å². The van der Waals surface area contributed by atoms with Crippen molar-refractivity contribution < 1.29 is 17.6 Å². The van der Waals surface area contributed by atoms with Crippen LogP contribution in [0, 0.1) is 17.7 Å². The van der Waals surface area contributed by atoms with Crippen molar-refractivity contribution in [2.45, 2.75) is 13.0 Å². The predicted octanol–water partition coefficient (Wildman–Crippen LogP) is 4.72. The Morgan fingerprint density at radius 2 is 1.91 bits per heavy atom. The molecule has 0 aliphatic carbocycles. The molecule has 1 atom stereocenters. The maximum absolute atomic E-state index is 14.5. The van der Waals surface area contributed by atoms with Crippen molar-refractivity contribution >= 4 is 28.0 Å². The fourth-order valence-corrected chi connectivity index (χ4v) is 3.62. The van der Waals surface area contributed by atoms with Crippen molar-refractivity contribution in [1.29, 1.82) is 0 Å². The number of nitrogens with zero attached hydrogens (tertiary/aromatic N) is 3. The van der Waals surface area contributed by atoms with Crippen LogP contribution >= 0.6 is 0 Å². The second kappa shape index (κ2) is 7.49. The molecule has 160 valence electrons. The van der Waals surface area contributed by atoms with Gasteiger partial charge in [-0.3, -0.25) is 4.79 Å². The Hall–Kier alpha value is -4.21. The Balaban J connectivity index is 1.72. The zero-order valence-electron chi connectivity index (χ0n) is 16.5. The Kier molecular flexibility index (Phi) is 4.62. The maximum atomic E-state index is 14.5. The minimum absolute atomic E-state index is 0.0162. The first-order valence-corrected chi connectivity index (χ1v) is 9.56. The van der Waals surface area contributed by atoms with Gasteiger partial charge >= 0.3 is 6.08 Å². The molecule has 0 fully saturated rings. The Labute approximate surface area is 178 Å². The van der Waals surface area contributed by atoms with Crippen LogP contribution in [0.5, 0.6) is 0 Å². The van der Waals surface area contributed by atoms with E-state index in [1.54, 1.807) is 6.92 Å². The van der Waals surface area contributed by atoms with Crippen LogP contribution in [-0.4, -0.2) is 19.9 Å². The standard InChI is InChI=1S/C22H14F3N5O2/c1-10(28-21-17-20(27-9-26-17)29-22(25)30-21)19-15(11-4-2-5-12(23)8-11)18(31)16-13(24)6-3-7-14(16)32-19/h2-10H,1H3,(H2,26,27,28,29,30). The maximum Gasteiger partial charge on any atom is 0.312 e.